The number of hydrogen-bond acceptors (Lipinski definition) is 5. The van der Waals surface area contributed by atoms with Gasteiger partial charge in [-0.25, -0.2) is 0 Å². The van der Waals surface area contributed by atoms with Crippen LogP contribution in [-0.4, -0.2) is 28.1 Å². The van der Waals surface area contributed by atoms with Crippen LogP contribution in [0.2, 0.25) is 4.34 Å². The first-order valence-corrected chi connectivity index (χ1v) is 6.60. The third-order valence-electron chi connectivity index (χ3n) is 2.59. The van der Waals surface area contributed by atoms with Crippen molar-refractivity contribution in [3.05, 3.63) is 21.7 Å². The van der Waals surface area contributed by atoms with E-state index in [1.54, 1.807) is 0 Å². The predicted octanol–water partition coefficient (Wildman–Crippen LogP) is 3.29. The second-order valence-electron chi connectivity index (χ2n) is 4.13. The molecule has 0 radical (unpaired) electrons. The summed E-state index contributed by atoms with van der Waals surface area (Å²) in [5.74, 6) is 1.17. The van der Waals surface area contributed by atoms with Crippen LogP contribution in [0.4, 0.5) is 0 Å². The van der Waals surface area contributed by atoms with E-state index in [0.29, 0.717) is 28.6 Å². The fourth-order valence-corrected chi connectivity index (χ4v) is 2.19. The SMILES string of the molecule is CC(C)N(C)Cc1nc(-c2ccsc2Cl)no1. The molecule has 0 amide bonds. The van der Waals surface area contributed by atoms with E-state index in [1.165, 1.54) is 11.3 Å². The number of aromatic nitrogens is 2. The zero-order valence-electron chi connectivity index (χ0n) is 9.98. The van der Waals surface area contributed by atoms with Gasteiger partial charge in [0.2, 0.25) is 11.7 Å². The smallest absolute Gasteiger partial charge is 0.241 e. The highest BCUT2D eigenvalue weighted by Gasteiger charge is 2.14. The molecule has 0 aliphatic rings. The van der Waals surface area contributed by atoms with Crippen LogP contribution in [-0.2, 0) is 6.54 Å². The number of hydrogen-bond donors (Lipinski definition) is 0. The van der Waals surface area contributed by atoms with Crippen LogP contribution >= 0.6 is 22.9 Å². The zero-order chi connectivity index (χ0) is 12.4. The Morgan fingerprint density at radius 3 is 2.88 bits per heavy atom. The van der Waals surface area contributed by atoms with Crippen molar-refractivity contribution in [3.8, 4) is 11.4 Å². The molecule has 0 aromatic carbocycles. The largest absolute Gasteiger partial charge is 0.338 e. The van der Waals surface area contributed by atoms with Gasteiger partial charge in [-0.2, -0.15) is 4.98 Å². The van der Waals surface area contributed by atoms with E-state index in [2.05, 4.69) is 28.9 Å². The highest BCUT2D eigenvalue weighted by atomic mass is 35.5. The average molecular weight is 272 g/mol. The molecule has 2 rings (SSSR count). The molecule has 0 aliphatic carbocycles. The van der Waals surface area contributed by atoms with E-state index < -0.39 is 0 Å². The van der Waals surface area contributed by atoms with E-state index in [-0.39, 0.29) is 0 Å². The summed E-state index contributed by atoms with van der Waals surface area (Å²) in [5.41, 5.74) is 0.832. The van der Waals surface area contributed by atoms with Crippen LogP contribution in [0.3, 0.4) is 0 Å². The summed E-state index contributed by atoms with van der Waals surface area (Å²) >= 11 is 7.49. The molecule has 2 aromatic heterocycles. The van der Waals surface area contributed by atoms with E-state index in [0.717, 1.165) is 5.56 Å². The summed E-state index contributed by atoms with van der Waals surface area (Å²) in [7, 11) is 2.02. The van der Waals surface area contributed by atoms with Crippen LogP contribution in [0.15, 0.2) is 16.0 Å². The summed E-state index contributed by atoms with van der Waals surface area (Å²) in [6, 6.07) is 2.34. The Balaban J connectivity index is 2.14. The molecule has 0 saturated heterocycles. The van der Waals surface area contributed by atoms with Gasteiger partial charge in [0.25, 0.3) is 0 Å². The molecule has 0 unspecified atom stereocenters. The summed E-state index contributed by atoms with van der Waals surface area (Å²) in [6.07, 6.45) is 0. The van der Waals surface area contributed by atoms with Gasteiger partial charge < -0.3 is 4.52 Å². The molecule has 0 fully saturated rings. The topological polar surface area (TPSA) is 42.2 Å². The lowest BCUT2D eigenvalue weighted by Crippen LogP contribution is -2.25. The van der Waals surface area contributed by atoms with Crippen molar-refractivity contribution in [1.82, 2.24) is 15.0 Å². The minimum atomic E-state index is 0.440. The van der Waals surface area contributed by atoms with E-state index >= 15 is 0 Å². The molecule has 0 saturated carbocycles. The number of rotatable bonds is 4. The molecule has 0 spiro atoms. The first kappa shape index (κ1) is 12.5. The second-order valence-corrected chi connectivity index (χ2v) is 5.65. The Bertz CT molecular complexity index is 494. The van der Waals surface area contributed by atoms with Crippen LogP contribution in [0, 0.1) is 0 Å². The van der Waals surface area contributed by atoms with Crippen molar-refractivity contribution in [1.29, 1.82) is 0 Å². The van der Waals surface area contributed by atoms with Gasteiger partial charge in [0.15, 0.2) is 0 Å². The molecule has 92 valence electrons. The van der Waals surface area contributed by atoms with Crippen molar-refractivity contribution < 1.29 is 4.52 Å². The maximum absolute atomic E-state index is 6.03. The Hall–Kier alpha value is -0.910. The van der Waals surface area contributed by atoms with Gasteiger partial charge in [0.05, 0.1) is 12.1 Å². The predicted molar refractivity (Wildman–Crippen MR) is 69.2 cm³/mol. The van der Waals surface area contributed by atoms with Gasteiger partial charge in [-0.15, -0.1) is 11.3 Å². The van der Waals surface area contributed by atoms with Gasteiger partial charge >= 0.3 is 0 Å². The summed E-state index contributed by atoms with van der Waals surface area (Å²) in [5, 5.41) is 5.85. The van der Waals surface area contributed by atoms with Crippen LogP contribution in [0.1, 0.15) is 19.7 Å². The molecule has 0 N–H and O–H groups in total. The fraction of sp³-hybridized carbons (Fsp3) is 0.455. The molecule has 2 heterocycles. The van der Waals surface area contributed by atoms with E-state index in [9.17, 15) is 0 Å². The van der Waals surface area contributed by atoms with Crippen LogP contribution < -0.4 is 0 Å². The van der Waals surface area contributed by atoms with Crippen molar-refractivity contribution in [2.24, 2.45) is 0 Å². The average Bonchev–Trinajstić information content (AvgIpc) is 2.86. The number of halogens is 1. The van der Waals surface area contributed by atoms with Gasteiger partial charge in [-0.05, 0) is 32.3 Å². The molecule has 2 aromatic rings. The lowest BCUT2D eigenvalue weighted by Gasteiger charge is -2.17. The monoisotopic (exact) mass is 271 g/mol. The van der Waals surface area contributed by atoms with Crippen molar-refractivity contribution in [2.75, 3.05) is 7.05 Å². The highest BCUT2D eigenvalue weighted by molar-refractivity contribution is 7.15. The molecule has 0 aliphatic heterocycles. The quantitative estimate of drug-likeness (QED) is 0.856. The molecular weight excluding hydrogens is 258 g/mol. The van der Waals surface area contributed by atoms with Gasteiger partial charge in [0.1, 0.15) is 4.34 Å². The molecular formula is C11H14ClN3OS. The summed E-state index contributed by atoms with van der Waals surface area (Å²) in [4.78, 5) is 6.47. The van der Waals surface area contributed by atoms with E-state index in [1.807, 2.05) is 18.5 Å². The first-order valence-electron chi connectivity index (χ1n) is 5.34. The van der Waals surface area contributed by atoms with Gasteiger partial charge in [-0.3, -0.25) is 4.90 Å². The third kappa shape index (κ3) is 2.86. The Labute approximate surface area is 109 Å². The minimum absolute atomic E-state index is 0.440. The lowest BCUT2D eigenvalue weighted by molar-refractivity contribution is 0.226. The second kappa shape index (κ2) is 5.16. The van der Waals surface area contributed by atoms with Crippen LogP contribution in [0.5, 0.6) is 0 Å². The highest BCUT2D eigenvalue weighted by Crippen LogP contribution is 2.30. The Kier molecular flexibility index (Phi) is 3.81. The molecule has 4 nitrogen and oxygen atoms in total. The van der Waals surface area contributed by atoms with Crippen molar-refractivity contribution in [3.63, 3.8) is 0 Å². The maximum atomic E-state index is 6.03. The first-order chi connectivity index (χ1) is 8.08. The summed E-state index contributed by atoms with van der Waals surface area (Å²) < 4.78 is 5.90. The minimum Gasteiger partial charge on any atom is -0.338 e. The Morgan fingerprint density at radius 1 is 1.53 bits per heavy atom. The standard InChI is InChI=1S/C11H14ClN3OS/c1-7(2)15(3)6-9-13-11(14-16-9)8-4-5-17-10(8)12/h4-5,7H,6H2,1-3H3. The molecule has 0 bridgehead atoms. The summed E-state index contributed by atoms with van der Waals surface area (Å²) in [6.45, 7) is 4.88. The number of nitrogens with zero attached hydrogens (tertiary/aromatic N) is 3. The van der Waals surface area contributed by atoms with Crippen molar-refractivity contribution in [2.45, 2.75) is 26.4 Å². The normalized spacial score (nSPS) is 11.6. The Morgan fingerprint density at radius 2 is 2.29 bits per heavy atom. The molecule has 0 atom stereocenters. The van der Waals surface area contributed by atoms with Gasteiger partial charge in [0, 0.05) is 6.04 Å². The molecule has 6 heteroatoms. The van der Waals surface area contributed by atoms with Crippen molar-refractivity contribution >= 4 is 22.9 Å². The lowest BCUT2D eigenvalue weighted by atomic mass is 10.3. The fourth-order valence-electron chi connectivity index (χ4n) is 1.28. The van der Waals surface area contributed by atoms with Crippen LogP contribution in [0.25, 0.3) is 11.4 Å². The third-order valence-corrected chi connectivity index (χ3v) is 3.76. The molecule has 17 heavy (non-hydrogen) atoms. The maximum Gasteiger partial charge on any atom is 0.241 e. The zero-order valence-corrected chi connectivity index (χ0v) is 11.5. The van der Waals surface area contributed by atoms with E-state index in [4.69, 9.17) is 16.1 Å². The number of thiophene rings is 1. The van der Waals surface area contributed by atoms with Gasteiger partial charge in [-0.1, -0.05) is 16.8 Å².